The van der Waals surface area contributed by atoms with Crippen molar-refractivity contribution in [1.29, 1.82) is 0 Å². The van der Waals surface area contributed by atoms with E-state index >= 15 is 0 Å². The molecule has 0 atom stereocenters. The largest absolute Gasteiger partial charge is 0.326 e. The van der Waals surface area contributed by atoms with Crippen LogP contribution < -0.4 is 0 Å². The molecule has 0 radical (unpaired) electrons. The molecule has 1 aliphatic carbocycles. The zero-order valence-electron chi connectivity index (χ0n) is 18.7. The summed E-state index contributed by atoms with van der Waals surface area (Å²) < 4.78 is 17.3. The number of halogens is 1. The molecule has 2 aromatic heterocycles. The van der Waals surface area contributed by atoms with Crippen molar-refractivity contribution in [3.63, 3.8) is 0 Å². The van der Waals surface area contributed by atoms with Crippen LogP contribution in [0, 0.1) is 5.82 Å². The molecule has 0 aliphatic heterocycles. The second-order valence-electron chi connectivity index (χ2n) is 8.48. The van der Waals surface area contributed by atoms with E-state index in [9.17, 15) is 14.0 Å². The first-order valence-corrected chi connectivity index (χ1v) is 11.1. The highest BCUT2D eigenvalue weighted by Crippen LogP contribution is 2.33. The van der Waals surface area contributed by atoms with E-state index < -0.39 is 0 Å². The molecule has 0 saturated heterocycles. The Morgan fingerprint density at radius 3 is 2.12 bits per heavy atom. The van der Waals surface area contributed by atoms with Gasteiger partial charge in [0.15, 0.2) is 17.2 Å². The Morgan fingerprint density at radius 2 is 1.53 bits per heavy atom. The minimum Gasteiger partial charge on any atom is -0.326 e. The average molecular weight is 449 g/mol. The van der Waals surface area contributed by atoms with E-state index in [0.29, 0.717) is 17.7 Å². The molecule has 3 aromatic carbocycles. The second kappa shape index (κ2) is 7.35. The fourth-order valence-corrected chi connectivity index (χ4v) is 4.79. The van der Waals surface area contributed by atoms with Gasteiger partial charge in [-0.1, -0.05) is 24.3 Å². The Balaban J connectivity index is 1.47. The van der Waals surface area contributed by atoms with Crippen molar-refractivity contribution in [3.8, 4) is 11.4 Å². The van der Waals surface area contributed by atoms with Gasteiger partial charge in [-0.25, -0.2) is 9.37 Å². The Bertz CT molecular complexity index is 1630. The molecule has 0 N–H and O–H groups in total. The molecule has 6 rings (SSSR count). The molecule has 0 fully saturated rings. The predicted molar refractivity (Wildman–Crippen MR) is 130 cm³/mol. The van der Waals surface area contributed by atoms with Gasteiger partial charge in [-0.3, -0.25) is 9.59 Å². The van der Waals surface area contributed by atoms with Crippen molar-refractivity contribution in [2.45, 2.75) is 13.5 Å². The first-order chi connectivity index (χ1) is 16.5. The summed E-state index contributed by atoms with van der Waals surface area (Å²) >= 11 is 0. The number of hydrogen-bond acceptors (Lipinski definition) is 3. The highest BCUT2D eigenvalue weighted by Gasteiger charge is 2.34. The highest BCUT2D eigenvalue weighted by molar-refractivity contribution is 6.42. The maximum Gasteiger partial charge on any atom is 0.197 e. The third-order valence-electron chi connectivity index (χ3n) is 6.55. The van der Waals surface area contributed by atoms with Gasteiger partial charge in [0.25, 0.3) is 0 Å². The number of ketones is 2. The highest BCUT2D eigenvalue weighted by atomic mass is 19.1. The molecule has 34 heavy (non-hydrogen) atoms. The van der Waals surface area contributed by atoms with Crippen LogP contribution in [-0.2, 0) is 13.6 Å². The summed E-state index contributed by atoms with van der Waals surface area (Å²) in [6.45, 7) is 2.61. The number of rotatable bonds is 3. The lowest BCUT2D eigenvalue weighted by molar-refractivity contribution is 0.0990. The summed E-state index contributed by atoms with van der Waals surface area (Å²) in [5, 5.41) is 1.87. The van der Waals surface area contributed by atoms with E-state index in [-0.39, 0.29) is 23.0 Å². The lowest BCUT2D eigenvalue weighted by Gasteiger charge is -2.04. The summed E-state index contributed by atoms with van der Waals surface area (Å²) in [5.41, 5.74) is 4.24. The van der Waals surface area contributed by atoms with Crippen molar-refractivity contribution in [1.82, 2.24) is 14.1 Å². The van der Waals surface area contributed by atoms with E-state index in [0.717, 1.165) is 39.0 Å². The van der Waals surface area contributed by atoms with Crippen molar-refractivity contribution in [2.75, 3.05) is 0 Å². The number of nitrogens with zero attached hydrogens (tertiary/aromatic N) is 3. The minimum atomic E-state index is -0.297. The molecule has 5 nitrogen and oxygen atoms in total. The Labute approximate surface area is 194 Å². The number of imidazole rings is 1. The quantitative estimate of drug-likeness (QED) is 0.258. The molecular formula is C28H20FN3O2. The van der Waals surface area contributed by atoms with Gasteiger partial charge in [-0.15, -0.1) is 0 Å². The fourth-order valence-electron chi connectivity index (χ4n) is 4.79. The number of allylic oxidation sites excluding steroid dienone is 1. The van der Waals surface area contributed by atoms with Gasteiger partial charge in [-0.2, -0.15) is 0 Å². The number of fused-ring (bicyclic) bond motifs is 3. The third kappa shape index (κ3) is 2.88. The third-order valence-corrected chi connectivity index (χ3v) is 6.55. The van der Waals surface area contributed by atoms with Crippen LogP contribution in [0.2, 0.25) is 0 Å². The summed E-state index contributed by atoms with van der Waals surface area (Å²) in [6, 6.07) is 19.5. The monoisotopic (exact) mass is 449 g/mol. The molecule has 0 spiro atoms. The van der Waals surface area contributed by atoms with Crippen LogP contribution in [0.25, 0.3) is 39.4 Å². The molecule has 166 valence electrons. The summed E-state index contributed by atoms with van der Waals surface area (Å²) in [7, 11) is 1.90. The number of aromatic nitrogens is 3. The van der Waals surface area contributed by atoms with Gasteiger partial charge in [0.05, 0.1) is 11.1 Å². The molecule has 1 aliphatic rings. The van der Waals surface area contributed by atoms with Crippen LogP contribution >= 0.6 is 0 Å². The molecule has 2 heterocycles. The number of hydrogen-bond donors (Lipinski definition) is 0. The smallest absolute Gasteiger partial charge is 0.197 e. The summed E-state index contributed by atoms with van der Waals surface area (Å²) in [5.74, 6) is -0.0787. The first-order valence-electron chi connectivity index (χ1n) is 11.1. The lowest BCUT2D eigenvalue weighted by atomic mass is 10.0. The maximum absolute atomic E-state index is 13.4. The molecule has 0 saturated carbocycles. The fraction of sp³-hybridized carbons (Fsp3) is 0.107. The normalized spacial score (nSPS) is 13.3. The van der Waals surface area contributed by atoms with Gasteiger partial charge in [0.1, 0.15) is 11.6 Å². The zero-order chi connectivity index (χ0) is 23.6. The van der Waals surface area contributed by atoms with Gasteiger partial charge >= 0.3 is 0 Å². The van der Waals surface area contributed by atoms with Crippen LogP contribution in [0.4, 0.5) is 4.39 Å². The average Bonchev–Trinajstić information content (AvgIpc) is 3.43. The van der Waals surface area contributed by atoms with Gasteiger partial charge in [0, 0.05) is 36.0 Å². The van der Waals surface area contributed by atoms with Crippen LogP contribution in [0.15, 0.2) is 72.3 Å². The van der Waals surface area contributed by atoms with E-state index in [1.807, 2.05) is 53.4 Å². The number of Topliss-reactive ketones (excluding diaryl/α,β-unsaturated/α-hetero) is 2. The van der Waals surface area contributed by atoms with Crippen LogP contribution in [-0.4, -0.2) is 25.7 Å². The second-order valence-corrected chi connectivity index (χ2v) is 8.48. The molecule has 0 amide bonds. The predicted octanol–water partition coefficient (Wildman–Crippen LogP) is 5.82. The van der Waals surface area contributed by atoms with Crippen molar-refractivity contribution in [3.05, 3.63) is 94.9 Å². The summed E-state index contributed by atoms with van der Waals surface area (Å²) in [4.78, 5) is 31.2. The van der Waals surface area contributed by atoms with E-state index in [4.69, 9.17) is 4.98 Å². The van der Waals surface area contributed by atoms with Crippen molar-refractivity contribution < 1.29 is 14.0 Å². The van der Waals surface area contributed by atoms with E-state index in [2.05, 4.69) is 0 Å². The molecule has 0 bridgehead atoms. The minimum absolute atomic E-state index is 0.168. The molecule has 6 heteroatoms. The lowest BCUT2D eigenvalue weighted by Crippen LogP contribution is -2.03. The van der Waals surface area contributed by atoms with Crippen molar-refractivity contribution in [2.24, 2.45) is 7.05 Å². The number of carbonyl (C=O) groups excluding carboxylic acids is 2. The molecule has 5 aromatic rings. The Morgan fingerprint density at radius 1 is 0.912 bits per heavy atom. The van der Waals surface area contributed by atoms with E-state index in [1.165, 1.54) is 12.1 Å². The zero-order valence-corrected chi connectivity index (χ0v) is 18.7. The molecule has 0 unspecified atom stereocenters. The van der Waals surface area contributed by atoms with E-state index in [1.54, 1.807) is 30.3 Å². The van der Waals surface area contributed by atoms with Gasteiger partial charge < -0.3 is 9.13 Å². The number of benzene rings is 3. The van der Waals surface area contributed by atoms with Crippen LogP contribution in [0.3, 0.4) is 0 Å². The number of carbonyl (C=O) groups is 2. The Hall–Kier alpha value is -4.32. The maximum atomic E-state index is 13.4. The van der Waals surface area contributed by atoms with Gasteiger partial charge in [-0.05, 0) is 66.2 Å². The number of aryl methyl sites for hydroxylation is 2. The van der Waals surface area contributed by atoms with Crippen LogP contribution in [0.5, 0.6) is 0 Å². The first kappa shape index (κ1) is 20.3. The van der Waals surface area contributed by atoms with Crippen molar-refractivity contribution >= 4 is 39.6 Å². The molecular weight excluding hydrogens is 429 g/mol. The van der Waals surface area contributed by atoms with Crippen LogP contribution in [0.1, 0.15) is 33.3 Å². The Kier molecular flexibility index (Phi) is 4.39. The summed E-state index contributed by atoms with van der Waals surface area (Å²) in [6.07, 6.45) is 1.68. The standard InChI is InChI=1S/C28H20FN3O2/c1-3-32-20(15-24-28(32)30-27(31(24)2)16-8-10-19(29)11-9-16)14-23-25(33)21-12-17-6-4-5-7-18(17)13-22(21)26(23)34/h4-15H,3H2,1-2H3. The van der Waals surface area contributed by atoms with Gasteiger partial charge in [0.2, 0.25) is 0 Å². The topological polar surface area (TPSA) is 56.9 Å². The SMILES string of the molecule is CCn1c(C=C2C(=O)c3cc4ccccc4cc3C2=O)cc2c1nc(-c1ccc(F)cc1)n2C.